The van der Waals surface area contributed by atoms with Gasteiger partial charge in [-0.05, 0) is 38.4 Å². The van der Waals surface area contributed by atoms with Crippen molar-refractivity contribution in [1.82, 2.24) is 10.2 Å². The van der Waals surface area contributed by atoms with Crippen molar-refractivity contribution >= 4 is 5.91 Å². The molecular formula is C16H24N2O2. The summed E-state index contributed by atoms with van der Waals surface area (Å²) in [6, 6.07) is 7.96. The Kier molecular flexibility index (Phi) is 5.41. The zero-order chi connectivity index (χ0) is 14.4. The van der Waals surface area contributed by atoms with Crippen molar-refractivity contribution in [1.29, 1.82) is 0 Å². The van der Waals surface area contributed by atoms with Crippen molar-refractivity contribution in [3.63, 3.8) is 0 Å². The molecule has 1 saturated heterocycles. The van der Waals surface area contributed by atoms with Gasteiger partial charge in [0.1, 0.15) is 12.4 Å². The van der Waals surface area contributed by atoms with Gasteiger partial charge in [-0.2, -0.15) is 0 Å². The van der Waals surface area contributed by atoms with Crippen molar-refractivity contribution in [3.05, 3.63) is 29.8 Å². The SMILES string of the molecule is Cc1ccc(OCCN(C)C(=O)[C@@H]2CCCCN2)cc1. The highest BCUT2D eigenvalue weighted by molar-refractivity contribution is 5.81. The predicted molar refractivity (Wildman–Crippen MR) is 80.0 cm³/mol. The van der Waals surface area contributed by atoms with Crippen LogP contribution in [-0.4, -0.2) is 43.6 Å². The van der Waals surface area contributed by atoms with Gasteiger partial charge in [-0.15, -0.1) is 0 Å². The second-order valence-electron chi connectivity index (χ2n) is 5.42. The number of hydrogen-bond acceptors (Lipinski definition) is 3. The van der Waals surface area contributed by atoms with E-state index < -0.39 is 0 Å². The van der Waals surface area contributed by atoms with Gasteiger partial charge in [0.15, 0.2) is 0 Å². The van der Waals surface area contributed by atoms with Crippen LogP contribution in [0.25, 0.3) is 0 Å². The zero-order valence-electron chi connectivity index (χ0n) is 12.4. The van der Waals surface area contributed by atoms with Crippen LogP contribution in [0.15, 0.2) is 24.3 Å². The van der Waals surface area contributed by atoms with E-state index in [9.17, 15) is 4.79 Å². The molecule has 0 saturated carbocycles. The summed E-state index contributed by atoms with van der Waals surface area (Å²) in [5, 5.41) is 3.28. The van der Waals surface area contributed by atoms with Crippen LogP contribution in [0.3, 0.4) is 0 Å². The summed E-state index contributed by atoms with van der Waals surface area (Å²) in [5.74, 6) is 1.03. The van der Waals surface area contributed by atoms with Crippen LogP contribution in [0.4, 0.5) is 0 Å². The lowest BCUT2D eigenvalue weighted by atomic mass is 10.0. The van der Waals surface area contributed by atoms with Gasteiger partial charge in [-0.25, -0.2) is 0 Å². The van der Waals surface area contributed by atoms with Crippen LogP contribution in [0.2, 0.25) is 0 Å². The third-order valence-electron chi connectivity index (χ3n) is 3.70. The number of rotatable bonds is 5. The van der Waals surface area contributed by atoms with Crippen LogP contribution in [0.1, 0.15) is 24.8 Å². The highest BCUT2D eigenvalue weighted by Gasteiger charge is 2.23. The topological polar surface area (TPSA) is 41.6 Å². The highest BCUT2D eigenvalue weighted by atomic mass is 16.5. The minimum atomic E-state index is -0.00637. The third kappa shape index (κ3) is 4.23. The molecule has 1 heterocycles. The van der Waals surface area contributed by atoms with E-state index in [1.54, 1.807) is 4.90 Å². The van der Waals surface area contributed by atoms with E-state index in [2.05, 4.69) is 5.32 Å². The Hall–Kier alpha value is -1.55. The van der Waals surface area contributed by atoms with Gasteiger partial charge in [0.05, 0.1) is 12.6 Å². The van der Waals surface area contributed by atoms with Gasteiger partial charge in [0, 0.05) is 7.05 Å². The van der Waals surface area contributed by atoms with Gasteiger partial charge in [-0.1, -0.05) is 24.1 Å². The summed E-state index contributed by atoms with van der Waals surface area (Å²) >= 11 is 0. The fraction of sp³-hybridized carbons (Fsp3) is 0.562. The van der Waals surface area contributed by atoms with E-state index >= 15 is 0 Å². The molecular weight excluding hydrogens is 252 g/mol. The first-order valence-corrected chi connectivity index (χ1v) is 7.34. The van der Waals surface area contributed by atoms with Crippen LogP contribution < -0.4 is 10.1 Å². The lowest BCUT2D eigenvalue weighted by Crippen LogP contribution is -2.48. The summed E-state index contributed by atoms with van der Waals surface area (Å²) in [4.78, 5) is 14.0. The molecule has 4 heteroatoms. The summed E-state index contributed by atoms with van der Waals surface area (Å²) in [6.07, 6.45) is 3.25. The standard InChI is InChI=1S/C16H24N2O2/c1-13-6-8-14(9-7-13)20-12-11-18(2)16(19)15-5-3-4-10-17-15/h6-9,15,17H,3-5,10-12H2,1-2H3/t15-/m0/s1. The number of amides is 1. The maximum absolute atomic E-state index is 12.2. The van der Waals surface area contributed by atoms with Crippen molar-refractivity contribution in [2.45, 2.75) is 32.2 Å². The van der Waals surface area contributed by atoms with E-state index in [1.165, 1.54) is 12.0 Å². The Bertz CT molecular complexity index is 425. The minimum Gasteiger partial charge on any atom is -0.492 e. The van der Waals surface area contributed by atoms with Crippen molar-refractivity contribution in [3.8, 4) is 5.75 Å². The Labute approximate surface area is 121 Å². The molecule has 1 N–H and O–H groups in total. The second kappa shape index (κ2) is 7.29. The monoisotopic (exact) mass is 276 g/mol. The number of nitrogens with zero attached hydrogens (tertiary/aromatic N) is 1. The minimum absolute atomic E-state index is 0.00637. The molecule has 2 rings (SSSR count). The molecule has 0 aromatic heterocycles. The third-order valence-corrected chi connectivity index (χ3v) is 3.70. The smallest absolute Gasteiger partial charge is 0.239 e. The fourth-order valence-corrected chi connectivity index (χ4v) is 2.37. The van der Waals surface area contributed by atoms with E-state index in [-0.39, 0.29) is 11.9 Å². The second-order valence-corrected chi connectivity index (χ2v) is 5.42. The molecule has 0 spiro atoms. The molecule has 0 aliphatic carbocycles. The normalized spacial score (nSPS) is 18.6. The summed E-state index contributed by atoms with van der Waals surface area (Å²) in [7, 11) is 1.84. The Morgan fingerprint density at radius 3 is 2.75 bits per heavy atom. The van der Waals surface area contributed by atoms with Crippen molar-refractivity contribution in [2.75, 3.05) is 26.7 Å². The summed E-state index contributed by atoms with van der Waals surface area (Å²) in [6.45, 7) is 4.14. The first-order valence-electron chi connectivity index (χ1n) is 7.34. The summed E-state index contributed by atoms with van der Waals surface area (Å²) in [5.41, 5.74) is 1.22. The number of ether oxygens (including phenoxy) is 1. The van der Waals surface area contributed by atoms with Gasteiger partial charge in [0.2, 0.25) is 5.91 Å². The Balaban J connectivity index is 1.72. The molecule has 1 amide bonds. The molecule has 110 valence electrons. The largest absolute Gasteiger partial charge is 0.492 e. The number of aryl methyl sites for hydroxylation is 1. The highest BCUT2D eigenvalue weighted by Crippen LogP contribution is 2.12. The van der Waals surface area contributed by atoms with Crippen LogP contribution in [0.5, 0.6) is 5.75 Å². The first-order chi connectivity index (χ1) is 9.66. The fourth-order valence-electron chi connectivity index (χ4n) is 2.37. The van der Waals surface area contributed by atoms with E-state index in [0.717, 1.165) is 25.1 Å². The van der Waals surface area contributed by atoms with Gasteiger partial charge < -0.3 is 15.0 Å². The number of hydrogen-bond donors (Lipinski definition) is 1. The van der Waals surface area contributed by atoms with E-state index in [4.69, 9.17) is 4.74 Å². The molecule has 0 bridgehead atoms. The van der Waals surface area contributed by atoms with Gasteiger partial charge in [-0.3, -0.25) is 4.79 Å². The van der Waals surface area contributed by atoms with Crippen LogP contribution in [-0.2, 0) is 4.79 Å². The number of nitrogens with one attached hydrogen (secondary N) is 1. The molecule has 1 aromatic rings. The van der Waals surface area contributed by atoms with E-state index in [1.807, 2.05) is 38.2 Å². The van der Waals surface area contributed by atoms with E-state index in [0.29, 0.717) is 13.2 Å². The Morgan fingerprint density at radius 1 is 1.35 bits per heavy atom. The Morgan fingerprint density at radius 2 is 2.10 bits per heavy atom. The first kappa shape index (κ1) is 14.9. The lowest BCUT2D eigenvalue weighted by molar-refractivity contribution is -0.133. The number of carbonyl (C=O) groups excluding carboxylic acids is 1. The molecule has 1 aromatic carbocycles. The lowest BCUT2D eigenvalue weighted by Gasteiger charge is -2.27. The molecule has 4 nitrogen and oxygen atoms in total. The van der Waals surface area contributed by atoms with Gasteiger partial charge in [0.25, 0.3) is 0 Å². The zero-order valence-corrected chi connectivity index (χ0v) is 12.4. The summed E-state index contributed by atoms with van der Waals surface area (Å²) < 4.78 is 5.65. The van der Waals surface area contributed by atoms with Crippen molar-refractivity contribution in [2.24, 2.45) is 0 Å². The number of piperidine rings is 1. The van der Waals surface area contributed by atoms with Crippen LogP contribution >= 0.6 is 0 Å². The molecule has 20 heavy (non-hydrogen) atoms. The van der Waals surface area contributed by atoms with Gasteiger partial charge >= 0.3 is 0 Å². The number of likely N-dealkylation sites (N-methyl/N-ethyl adjacent to an activating group) is 1. The predicted octanol–water partition coefficient (Wildman–Crippen LogP) is 1.97. The molecule has 1 aliphatic heterocycles. The molecule has 0 radical (unpaired) electrons. The molecule has 0 unspecified atom stereocenters. The molecule has 1 atom stereocenters. The maximum Gasteiger partial charge on any atom is 0.239 e. The van der Waals surface area contributed by atoms with Crippen LogP contribution in [0, 0.1) is 6.92 Å². The number of benzene rings is 1. The molecule has 1 aliphatic rings. The van der Waals surface area contributed by atoms with Crippen molar-refractivity contribution < 1.29 is 9.53 Å². The average molecular weight is 276 g/mol. The average Bonchev–Trinajstić information content (AvgIpc) is 2.49. The number of carbonyl (C=O) groups is 1. The maximum atomic E-state index is 12.2. The molecule has 1 fully saturated rings. The quantitative estimate of drug-likeness (QED) is 0.894.